The Labute approximate surface area is 109 Å². The molecule has 0 aliphatic heterocycles. The van der Waals surface area contributed by atoms with Gasteiger partial charge in [0, 0.05) is 11.9 Å². The molecule has 0 bridgehead atoms. The summed E-state index contributed by atoms with van der Waals surface area (Å²) >= 11 is 5.61. The fourth-order valence-corrected chi connectivity index (χ4v) is 1.75. The van der Waals surface area contributed by atoms with Gasteiger partial charge in [0.15, 0.2) is 0 Å². The second kappa shape index (κ2) is 9.17. The highest BCUT2D eigenvalue weighted by molar-refractivity contribution is 6.17. The number of hydrogen-bond donors (Lipinski definition) is 0. The quantitative estimate of drug-likeness (QED) is 0.485. The minimum absolute atomic E-state index is 0.682. The van der Waals surface area contributed by atoms with Gasteiger partial charge in [-0.15, -0.1) is 11.6 Å². The van der Waals surface area contributed by atoms with Gasteiger partial charge in [-0.1, -0.05) is 18.9 Å². The molecule has 2 nitrogen and oxygen atoms in total. The predicted molar refractivity (Wildman–Crippen MR) is 72.3 cm³/mol. The van der Waals surface area contributed by atoms with Gasteiger partial charge in [0.2, 0.25) is 0 Å². The van der Waals surface area contributed by atoms with E-state index in [4.69, 9.17) is 21.1 Å². The van der Waals surface area contributed by atoms with E-state index in [0.717, 1.165) is 36.8 Å². The van der Waals surface area contributed by atoms with Crippen molar-refractivity contribution in [2.24, 2.45) is 0 Å². The van der Waals surface area contributed by atoms with Crippen LogP contribution in [-0.4, -0.2) is 19.1 Å². The molecule has 17 heavy (non-hydrogen) atoms. The summed E-state index contributed by atoms with van der Waals surface area (Å²) in [5.74, 6) is 2.51. The summed E-state index contributed by atoms with van der Waals surface area (Å²) in [5.41, 5.74) is 0. The predicted octanol–water partition coefficient (Wildman–Crippen LogP) is 4.26. The fraction of sp³-hybridized carbons (Fsp3) is 0.571. The normalized spacial score (nSPS) is 10.2. The minimum atomic E-state index is 0.682. The van der Waals surface area contributed by atoms with Crippen LogP contribution in [-0.2, 0) is 0 Å². The highest BCUT2D eigenvalue weighted by Gasteiger charge is 1.97. The molecule has 0 fully saturated rings. The van der Waals surface area contributed by atoms with Gasteiger partial charge in [0.1, 0.15) is 11.5 Å². The largest absolute Gasteiger partial charge is 0.494 e. The molecule has 1 aromatic rings. The van der Waals surface area contributed by atoms with E-state index in [1.54, 1.807) is 0 Å². The van der Waals surface area contributed by atoms with Crippen molar-refractivity contribution in [3.05, 3.63) is 24.3 Å². The van der Waals surface area contributed by atoms with E-state index >= 15 is 0 Å². The van der Waals surface area contributed by atoms with Crippen molar-refractivity contribution in [3.63, 3.8) is 0 Å². The van der Waals surface area contributed by atoms with Crippen molar-refractivity contribution in [2.75, 3.05) is 19.1 Å². The number of ether oxygens (including phenoxy) is 2. The maximum absolute atomic E-state index is 5.66. The Kier molecular flexibility index (Phi) is 7.65. The number of unbranched alkanes of at least 4 members (excludes halogenated alkanes) is 3. The molecule has 1 rings (SSSR count). The van der Waals surface area contributed by atoms with Crippen LogP contribution < -0.4 is 9.47 Å². The van der Waals surface area contributed by atoms with Crippen LogP contribution in [0.3, 0.4) is 0 Å². The van der Waals surface area contributed by atoms with Crippen LogP contribution in [0.2, 0.25) is 0 Å². The van der Waals surface area contributed by atoms with E-state index in [1.807, 2.05) is 31.2 Å². The van der Waals surface area contributed by atoms with Crippen molar-refractivity contribution < 1.29 is 9.47 Å². The molecule has 3 heteroatoms. The highest BCUT2D eigenvalue weighted by Crippen LogP contribution is 2.19. The molecule has 0 atom stereocenters. The Balaban J connectivity index is 2.19. The van der Waals surface area contributed by atoms with Crippen LogP contribution in [0, 0.1) is 0 Å². The Morgan fingerprint density at radius 2 is 1.71 bits per heavy atom. The van der Waals surface area contributed by atoms with Gasteiger partial charge in [-0.2, -0.15) is 0 Å². The molecule has 0 radical (unpaired) electrons. The summed E-state index contributed by atoms with van der Waals surface area (Å²) in [7, 11) is 0. The van der Waals surface area contributed by atoms with Crippen LogP contribution in [0.1, 0.15) is 32.6 Å². The molecule has 0 amide bonds. The summed E-state index contributed by atoms with van der Waals surface area (Å²) in [6.45, 7) is 3.42. The lowest BCUT2D eigenvalue weighted by Gasteiger charge is -2.08. The molecule has 0 spiro atoms. The lowest BCUT2D eigenvalue weighted by atomic mass is 10.2. The zero-order valence-electron chi connectivity index (χ0n) is 10.5. The fourth-order valence-electron chi connectivity index (χ4n) is 1.56. The summed E-state index contributed by atoms with van der Waals surface area (Å²) in [6, 6.07) is 7.79. The van der Waals surface area contributed by atoms with Gasteiger partial charge in [-0.05, 0) is 31.9 Å². The first-order chi connectivity index (χ1) is 8.36. The van der Waals surface area contributed by atoms with Gasteiger partial charge < -0.3 is 9.47 Å². The highest BCUT2D eigenvalue weighted by atomic mass is 35.5. The van der Waals surface area contributed by atoms with Crippen molar-refractivity contribution in [2.45, 2.75) is 32.6 Å². The van der Waals surface area contributed by atoms with Gasteiger partial charge in [-0.3, -0.25) is 0 Å². The van der Waals surface area contributed by atoms with Crippen LogP contribution in [0.4, 0.5) is 0 Å². The molecule has 0 aromatic heterocycles. The number of alkyl halides is 1. The summed E-state index contributed by atoms with van der Waals surface area (Å²) in [4.78, 5) is 0. The Bertz CT molecular complexity index is 302. The first-order valence-corrected chi connectivity index (χ1v) is 6.82. The lowest BCUT2D eigenvalue weighted by Crippen LogP contribution is -1.98. The Morgan fingerprint density at radius 3 is 2.41 bits per heavy atom. The van der Waals surface area contributed by atoms with Gasteiger partial charge in [0.05, 0.1) is 13.2 Å². The molecule has 0 aliphatic rings. The molecule has 0 N–H and O–H groups in total. The van der Waals surface area contributed by atoms with Gasteiger partial charge in [0.25, 0.3) is 0 Å². The molecule has 0 aliphatic carbocycles. The maximum Gasteiger partial charge on any atom is 0.122 e. The SMILES string of the molecule is CCOc1cccc(OCCCCCCCl)c1. The van der Waals surface area contributed by atoms with E-state index in [2.05, 4.69) is 0 Å². The van der Waals surface area contributed by atoms with E-state index < -0.39 is 0 Å². The summed E-state index contributed by atoms with van der Waals surface area (Å²) in [5, 5.41) is 0. The van der Waals surface area contributed by atoms with E-state index in [-0.39, 0.29) is 0 Å². The zero-order chi connectivity index (χ0) is 12.3. The number of rotatable bonds is 9. The van der Waals surface area contributed by atoms with Crippen molar-refractivity contribution in [3.8, 4) is 11.5 Å². The lowest BCUT2D eigenvalue weighted by molar-refractivity contribution is 0.299. The summed E-state index contributed by atoms with van der Waals surface area (Å²) in [6.07, 6.45) is 4.54. The van der Waals surface area contributed by atoms with Crippen molar-refractivity contribution in [1.82, 2.24) is 0 Å². The molecule has 1 aromatic carbocycles. The number of hydrogen-bond acceptors (Lipinski definition) is 2. The molecule has 0 unspecified atom stereocenters. The van der Waals surface area contributed by atoms with E-state index in [1.165, 1.54) is 12.8 Å². The van der Waals surface area contributed by atoms with Crippen LogP contribution >= 0.6 is 11.6 Å². The van der Waals surface area contributed by atoms with E-state index in [0.29, 0.717) is 6.61 Å². The Hall–Kier alpha value is -0.890. The van der Waals surface area contributed by atoms with Crippen molar-refractivity contribution in [1.29, 1.82) is 0 Å². The minimum Gasteiger partial charge on any atom is -0.494 e. The second-order valence-electron chi connectivity index (χ2n) is 3.86. The standard InChI is InChI=1S/C14H21ClO2/c1-2-16-13-8-7-9-14(12-13)17-11-6-4-3-5-10-15/h7-9,12H,2-6,10-11H2,1H3. The van der Waals surface area contributed by atoms with Crippen molar-refractivity contribution >= 4 is 11.6 Å². The monoisotopic (exact) mass is 256 g/mol. The third-order valence-corrected chi connectivity index (χ3v) is 2.68. The maximum atomic E-state index is 5.66. The Morgan fingerprint density at radius 1 is 1.00 bits per heavy atom. The average molecular weight is 257 g/mol. The molecule has 0 heterocycles. The average Bonchev–Trinajstić information content (AvgIpc) is 2.35. The van der Waals surface area contributed by atoms with Crippen LogP contribution in [0.5, 0.6) is 11.5 Å². The molecule has 96 valence electrons. The molecular formula is C14H21ClO2. The number of benzene rings is 1. The molecule has 0 saturated heterocycles. The number of halogens is 1. The zero-order valence-corrected chi connectivity index (χ0v) is 11.2. The van der Waals surface area contributed by atoms with Crippen LogP contribution in [0.25, 0.3) is 0 Å². The van der Waals surface area contributed by atoms with Gasteiger partial charge in [-0.25, -0.2) is 0 Å². The third kappa shape index (κ3) is 6.42. The first-order valence-electron chi connectivity index (χ1n) is 6.28. The topological polar surface area (TPSA) is 18.5 Å². The van der Waals surface area contributed by atoms with Gasteiger partial charge >= 0.3 is 0 Å². The third-order valence-electron chi connectivity index (χ3n) is 2.41. The first kappa shape index (κ1) is 14.2. The van der Waals surface area contributed by atoms with E-state index in [9.17, 15) is 0 Å². The summed E-state index contributed by atoms with van der Waals surface area (Å²) < 4.78 is 11.1. The molecule has 0 saturated carbocycles. The second-order valence-corrected chi connectivity index (χ2v) is 4.24. The van der Waals surface area contributed by atoms with Crippen LogP contribution in [0.15, 0.2) is 24.3 Å². The molecular weight excluding hydrogens is 236 g/mol. The smallest absolute Gasteiger partial charge is 0.122 e.